The molecular formula is C10H8N4O2. The number of nitriles is 2. The van der Waals surface area contributed by atoms with Crippen molar-refractivity contribution in [3.63, 3.8) is 0 Å². The molecule has 0 aliphatic heterocycles. The topological polar surface area (TPSA) is 101 Å². The van der Waals surface area contributed by atoms with Gasteiger partial charge in [0, 0.05) is 6.20 Å². The molecule has 1 rings (SSSR count). The van der Waals surface area contributed by atoms with Crippen LogP contribution in [-0.4, -0.2) is 34.0 Å². The number of aromatic hydroxyl groups is 1. The monoisotopic (exact) mass is 216 g/mol. The van der Waals surface area contributed by atoms with Crippen LogP contribution < -0.4 is 0 Å². The van der Waals surface area contributed by atoms with E-state index in [4.69, 9.17) is 15.6 Å². The molecule has 0 spiro atoms. The highest BCUT2D eigenvalue weighted by Gasteiger charge is 2.15. The minimum absolute atomic E-state index is 0.139. The molecule has 0 saturated carbocycles. The van der Waals surface area contributed by atoms with Crippen LogP contribution in [0.5, 0.6) is 5.75 Å². The summed E-state index contributed by atoms with van der Waals surface area (Å²) in [5.41, 5.74) is 0.144. The lowest BCUT2D eigenvalue weighted by Gasteiger charge is -2.15. The second-order valence-corrected chi connectivity index (χ2v) is 2.91. The number of carbonyl (C=O) groups is 1. The van der Waals surface area contributed by atoms with Crippen molar-refractivity contribution in [2.75, 3.05) is 13.1 Å². The summed E-state index contributed by atoms with van der Waals surface area (Å²) in [5, 5.41) is 26.1. The van der Waals surface area contributed by atoms with Crippen LogP contribution in [0.4, 0.5) is 0 Å². The largest absolute Gasteiger partial charge is 0.506 e. The molecule has 1 amide bonds. The van der Waals surface area contributed by atoms with Gasteiger partial charge in [0.2, 0.25) is 0 Å². The maximum absolute atomic E-state index is 11.7. The van der Waals surface area contributed by atoms with Crippen molar-refractivity contribution in [1.29, 1.82) is 10.5 Å². The van der Waals surface area contributed by atoms with Gasteiger partial charge >= 0.3 is 0 Å². The predicted molar refractivity (Wildman–Crippen MR) is 53.0 cm³/mol. The average molecular weight is 216 g/mol. The molecule has 80 valence electrons. The maximum Gasteiger partial charge on any atom is 0.257 e. The fraction of sp³-hybridized carbons (Fsp3) is 0.200. The van der Waals surface area contributed by atoms with E-state index in [2.05, 4.69) is 4.98 Å². The van der Waals surface area contributed by atoms with E-state index in [9.17, 15) is 4.79 Å². The number of rotatable bonds is 3. The van der Waals surface area contributed by atoms with Crippen molar-refractivity contribution in [2.45, 2.75) is 0 Å². The second-order valence-electron chi connectivity index (χ2n) is 2.91. The zero-order chi connectivity index (χ0) is 12.0. The highest BCUT2D eigenvalue weighted by atomic mass is 16.3. The Morgan fingerprint density at radius 3 is 2.50 bits per heavy atom. The number of amides is 1. The van der Waals surface area contributed by atoms with Gasteiger partial charge in [0.25, 0.3) is 5.91 Å². The van der Waals surface area contributed by atoms with Crippen LogP contribution in [0.2, 0.25) is 0 Å². The van der Waals surface area contributed by atoms with E-state index in [-0.39, 0.29) is 24.4 Å². The smallest absolute Gasteiger partial charge is 0.257 e. The minimum atomic E-state index is -0.508. The molecule has 6 heteroatoms. The molecule has 0 aliphatic carbocycles. The predicted octanol–water partition coefficient (Wildman–Crippen LogP) is 0.277. The molecular weight excluding hydrogens is 208 g/mol. The van der Waals surface area contributed by atoms with Gasteiger partial charge in [-0.2, -0.15) is 10.5 Å². The molecule has 0 saturated heterocycles. The van der Waals surface area contributed by atoms with Crippen LogP contribution in [0.25, 0.3) is 0 Å². The average Bonchev–Trinajstić information content (AvgIpc) is 2.28. The van der Waals surface area contributed by atoms with Gasteiger partial charge in [0.15, 0.2) is 0 Å². The lowest BCUT2D eigenvalue weighted by Crippen LogP contribution is -2.31. The number of aromatic nitrogens is 1. The van der Waals surface area contributed by atoms with Crippen LogP contribution in [-0.2, 0) is 0 Å². The van der Waals surface area contributed by atoms with Gasteiger partial charge in [0.1, 0.15) is 18.8 Å². The van der Waals surface area contributed by atoms with Crippen LogP contribution >= 0.6 is 0 Å². The van der Waals surface area contributed by atoms with Gasteiger partial charge in [-0.15, -0.1) is 0 Å². The molecule has 1 aromatic rings. The van der Waals surface area contributed by atoms with E-state index < -0.39 is 5.91 Å². The van der Waals surface area contributed by atoms with Gasteiger partial charge in [-0.05, 0) is 6.07 Å². The van der Waals surface area contributed by atoms with Crippen molar-refractivity contribution < 1.29 is 9.90 Å². The molecule has 1 heterocycles. The van der Waals surface area contributed by atoms with Crippen LogP contribution in [0.1, 0.15) is 10.4 Å². The standard InChI is InChI=1S/C10H8N4O2/c11-1-3-14(4-2-12)10(16)8-5-9(15)7-13-6-8/h5-7,15H,3-4H2. The fourth-order valence-electron chi connectivity index (χ4n) is 1.10. The first-order valence-corrected chi connectivity index (χ1v) is 4.36. The first-order chi connectivity index (χ1) is 7.69. The van der Waals surface area contributed by atoms with Gasteiger partial charge in [-0.1, -0.05) is 0 Å². The minimum Gasteiger partial charge on any atom is -0.506 e. The Bertz CT molecular complexity index is 456. The van der Waals surface area contributed by atoms with E-state index in [0.29, 0.717) is 0 Å². The zero-order valence-electron chi connectivity index (χ0n) is 8.29. The summed E-state index contributed by atoms with van der Waals surface area (Å²) < 4.78 is 0. The number of carbonyl (C=O) groups excluding carboxylic acids is 1. The van der Waals surface area contributed by atoms with E-state index >= 15 is 0 Å². The van der Waals surface area contributed by atoms with Crippen molar-refractivity contribution in [1.82, 2.24) is 9.88 Å². The van der Waals surface area contributed by atoms with Crippen molar-refractivity contribution >= 4 is 5.91 Å². The fourth-order valence-corrected chi connectivity index (χ4v) is 1.10. The Hall–Kier alpha value is -2.60. The summed E-state index contributed by atoms with van der Waals surface area (Å²) in [7, 11) is 0. The molecule has 1 aromatic heterocycles. The van der Waals surface area contributed by atoms with Crippen LogP contribution in [0.3, 0.4) is 0 Å². The maximum atomic E-state index is 11.7. The summed E-state index contributed by atoms with van der Waals surface area (Å²) in [6.45, 7) is -0.357. The molecule has 0 fully saturated rings. The highest BCUT2D eigenvalue weighted by Crippen LogP contribution is 2.10. The second kappa shape index (κ2) is 5.32. The van der Waals surface area contributed by atoms with Gasteiger partial charge in [-0.3, -0.25) is 9.78 Å². The van der Waals surface area contributed by atoms with E-state index in [1.165, 1.54) is 18.5 Å². The SMILES string of the molecule is N#CCN(CC#N)C(=O)c1cncc(O)c1. The van der Waals surface area contributed by atoms with Crippen LogP contribution in [0, 0.1) is 22.7 Å². The first kappa shape index (κ1) is 11.5. The molecule has 16 heavy (non-hydrogen) atoms. The Labute approximate surface area is 92.0 Å². The van der Waals surface area contributed by atoms with Gasteiger partial charge in [-0.25, -0.2) is 0 Å². The molecule has 0 aromatic carbocycles. The molecule has 0 radical (unpaired) electrons. The van der Waals surface area contributed by atoms with Crippen molar-refractivity contribution in [2.24, 2.45) is 0 Å². The van der Waals surface area contributed by atoms with E-state index in [1.54, 1.807) is 12.1 Å². The van der Waals surface area contributed by atoms with Gasteiger partial charge in [0.05, 0.1) is 23.9 Å². The number of hydrogen-bond donors (Lipinski definition) is 1. The molecule has 6 nitrogen and oxygen atoms in total. The Morgan fingerprint density at radius 1 is 1.38 bits per heavy atom. The Morgan fingerprint density at radius 2 is 2.00 bits per heavy atom. The third-order valence-corrected chi connectivity index (χ3v) is 1.78. The van der Waals surface area contributed by atoms with Crippen molar-refractivity contribution in [3.05, 3.63) is 24.0 Å². The molecule has 0 aliphatic rings. The van der Waals surface area contributed by atoms with E-state index in [0.717, 1.165) is 4.90 Å². The normalized spacial score (nSPS) is 8.88. The molecule has 0 bridgehead atoms. The Balaban J connectivity index is 2.91. The third kappa shape index (κ3) is 2.69. The third-order valence-electron chi connectivity index (χ3n) is 1.78. The lowest BCUT2D eigenvalue weighted by molar-refractivity contribution is 0.0794. The van der Waals surface area contributed by atoms with Crippen LogP contribution in [0.15, 0.2) is 18.5 Å². The molecule has 1 N–H and O–H groups in total. The zero-order valence-corrected chi connectivity index (χ0v) is 8.29. The number of nitrogens with zero attached hydrogens (tertiary/aromatic N) is 4. The Kier molecular flexibility index (Phi) is 3.82. The van der Waals surface area contributed by atoms with E-state index in [1.807, 2.05) is 0 Å². The summed E-state index contributed by atoms with van der Waals surface area (Å²) in [4.78, 5) is 16.5. The summed E-state index contributed by atoms with van der Waals surface area (Å²) in [5.74, 6) is -0.647. The molecule has 0 unspecified atom stereocenters. The quantitative estimate of drug-likeness (QED) is 0.731. The first-order valence-electron chi connectivity index (χ1n) is 4.36. The lowest BCUT2D eigenvalue weighted by atomic mass is 10.2. The number of hydrogen-bond acceptors (Lipinski definition) is 5. The molecule has 0 atom stereocenters. The summed E-state index contributed by atoms with van der Waals surface area (Å²) >= 11 is 0. The number of pyridine rings is 1. The van der Waals surface area contributed by atoms with Gasteiger partial charge < -0.3 is 10.0 Å². The summed E-state index contributed by atoms with van der Waals surface area (Å²) in [6.07, 6.45) is 2.46. The van der Waals surface area contributed by atoms with Crippen molar-refractivity contribution in [3.8, 4) is 17.9 Å². The summed E-state index contributed by atoms with van der Waals surface area (Å²) in [6, 6.07) is 4.81. The highest BCUT2D eigenvalue weighted by molar-refractivity contribution is 5.94.